The van der Waals surface area contributed by atoms with Crippen LogP contribution in [0.5, 0.6) is 0 Å². The first-order valence-electron chi connectivity index (χ1n) is 10.2. The lowest BCUT2D eigenvalue weighted by molar-refractivity contribution is -0.152. The summed E-state index contributed by atoms with van der Waals surface area (Å²) in [4.78, 5) is 64.0. The molecule has 0 aromatic carbocycles. The molecule has 4 amide bonds. The molecule has 0 aliphatic carbocycles. The van der Waals surface area contributed by atoms with Gasteiger partial charge in [0, 0.05) is 13.1 Å². The molecule has 11 heteroatoms. The third kappa shape index (κ3) is 5.26. The molecule has 168 valence electrons. The van der Waals surface area contributed by atoms with Crippen molar-refractivity contribution in [2.24, 2.45) is 17.4 Å². The van der Waals surface area contributed by atoms with E-state index < -0.39 is 60.2 Å². The van der Waals surface area contributed by atoms with Gasteiger partial charge in [0.1, 0.15) is 18.1 Å². The zero-order valence-electron chi connectivity index (χ0n) is 17.4. The predicted octanol–water partition coefficient (Wildman–Crippen LogP) is -1.60. The highest BCUT2D eigenvalue weighted by Crippen LogP contribution is 2.25. The number of carboxylic acid groups (broad SMARTS) is 1. The summed E-state index contributed by atoms with van der Waals surface area (Å²) in [6.45, 7) is 4.08. The molecule has 2 aliphatic heterocycles. The van der Waals surface area contributed by atoms with Gasteiger partial charge in [0.15, 0.2) is 0 Å². The molecule has 2 fully saturated rings. The smallest absolute Gasteiger partial charge is 0.326 e. The molecule has 6 N–H and O–H groups in total. The van der Waals surface area contributed by atoms with Crippen LogP contribution in [0.25, 0.3) is 0 Å². The largest absolute Gasteiger partial charge is 0.480 e. The Balaban J connectivity index is 2.17. The summed E-state index contributed by atoms with van der Waals surface area (Å²) in [5.74, 6) is -3.64. The van der Waals surface area contributed by atoms with Crippen LogP contribution in [0.15, 0.2) is 0 Å². The number of hydrogen-bond donors (Lipinski definition) is 4. The van der Waals surface area contributed by atoms with E-state index >= 15 is 0 Å². The maximum Gasteiger partial charge on any atom is 0.326 e. The first-order valence-corrected chi connectivity index (χ1v) is 10.2. The molecule has 2 heterocycles. The molecule has 0 saturated carbocycles. The number of nitrogens with one attached hydrogen (secondary N) is 1. The molecule has 11 nitrogen and oxygen atoms in total. The van der Waals surface area contributed by atoms with Crippen molar-refractivity contribution >= 4 is 29.6 Å². The topological polar surface area (TPSA) is 176 Å². The van der Waals surface area contributed by atoms with E-state index in [1.807, 2.05) is 0 Å². The van der Waals surface area contributed by atoms with Crippen molar-refractivity contribution in [2.45, 2.75) is 70.1 Å². The van der Waals surface area contributed by atoms with Crippen LogP contribution in [0, 0.1) is 5.92 Å². The average molecular weight is 425 g/mol. The Morgan fingerprint density at radius 2 is 1.60 bits per heavy atom. The second kappa shape index (κ2) is 9.88. The molecule has 30 heavy (non-hydrogen) atoms. The van der Waals surface area contributed by atoms with E-state index in [1.165, 1.54) is 9.80 Å². The van der Waals surface area contributed by atoms with Crippen LogP contribution in [-0.2, 0) is 24.0 Å². The van der Waals surface area contributed by atoms with Crippen LogP contribution in [-0.4, -0.2) is 81.8 Å². The summed E-state index contributed by atoms with van der Waals surface area (Å²) >= 11 is 0. The van der Waals surface area contributed by atoms with Crippen LogP contribution in [0.1, 0.15) is 46.0 Å². The van der Waals surface area contributed by atoms with Gasteiger partial charge in [-0.3, -0.25) is 19.2 Å². The number of primary amides is 1. The van der Waals surface area contributed by atoms with E-state index in [2.05, 4.69) is 5.32 Å². The summed E-state index contributed by atoms with van der Waals surface area (Å²) in [6.07, 6.45) is 1.47. The Morgan fingerprint density at radius 1 is 1.03 bits per heavy atom. The third-order valence-corrected chi connectivity index (χ3v) is 5.68. The standard InChI is InChI=1S/C19H31N5O6/c1-10(2)15(21)16(26)22-11(9-14(20)25)17(27)23-7-3-5-12(23)18(28)24-8-4-6-13(24)19(29)30/h10-13,15H,3-9,21H2,1-2H3,(H2,20,25)(H,22,26)(H,29,30). The maximum atomic E-state index is 13.1. The number of carboxylic acids is 1. The highest BCUT2D eigenvalue weighted by atomic mass is 16.4. The summed E-state index contributed by atoms with van der Waals surface area (Å²) < 4.78 is 0. The van der Waals surface area contributed by atoms with Crippen LogP contribution in [0.2, 0.25) is 0 Å². The molecule has 2 saturated heterocycles. The number of carbonyl (C=O) groups excluding carboxylic acids is 4. The number of likely N-dealkylation sites (tertiary alicyclic amines) is 2. The lowest BCUT2D eigenvalue weighted by Gasteiger charge is -2.32. The Morgan fingerprint density at radius 3 is 2.13 bits per heavy atom. The van der Waals surface area contributed by atoms with Gasteiger partial charge >= 0.3 is 5.97 Å². The van der Waals surface area contributed by atoms with E-state index in [-0.39, 0.29) is 12.5 Å². The minimum absolute atomic E-state index is 0.182. The summed E-state index contributed by atoms with van der Waals surface area (Å²) in [6, 6.07) is -3.84. The van der Waals surface area contributed by atoms with E-state index in [9.17, 15) is 29.1 Å². The number of amides is 4. The van der Waals surface area contributed by atoms with E-state index in [1.54, 1.807) is 13.8 Å². The Bertz CT molecular complexity index is 712. The summed E-state index contributed by atoms with van der Waals surface area (Å²) in [5.41, 5.74) is 11.1. The van der Waals surface area contributed by atoms with Gasteiger partial charge in [-0.25, -0.2) is 4.79 Å². The van der Waals surface area contributed by atoms with Crippen molar-refractivity contribution in [3.8, 4) is 0 Å². The molecule has 0 spiro atoms. The molecule has 2 rings (SSSR count). The SMILES string of the molecule is CC(C)C(N)C(=O)NC(CC(N)=O)C(=O)N1CCCC1C(=O)N1CCCC1C(=O)O. The number of carbonyl (C=O) groups is 5. The van der Waals surface area contributed by atoms with Crippen molar-refractivity contribution in [3.63, 3.8) is 0 Å². The van der Waals surface area contributed by atoms with Gasteiger partial charge in [-0.2, -0.15) is 0 Å². The van der Waals surface area contributed by atoms with Crippen molar-refractivity contribution in [3.05, 3.63) is 0 Å². The average Bonchev–Trinajstić information content (AvgIpc) is 3.34. The molecule has 0 aromatic rings. The Kier molecular flexibility index (Phi) is 7.77. The second-order valence-electron chi connectivity index (χ2n) is 8.22. The van der Waals surface area contributed by atoms with Crippen LogP contribution < -0.4 is 16.8 Å². The molecule has 4 unspecified atom stereocenters. The van der Waals surface area contributed by atoms with Gasteiger partial charge in [0.2, 0.25) is 23.6 Å². The molecule has 0 radical (unpaired) electrons. The minimum atomic E-state index is -1.23. The lowest BCUT2D eigenvalue weighted by Crippen LogP contribution is -2.58. The van der Waals surface area contributed by atoms with Crippen molar-refractivity contribution in [1.29, 1.82) is 0 Å². The molecule has 4 atom stereocenters. The zero-order chi connectivity index (χ0) is 22.6. The summed E-state index contributed by atoms with van der Waals surface area (Å²) in [5, 5.41) is 11.8. The number of nitrogens with two attached hydrogens (primary N) is 2. The van der Waals surface area contributed by atoms with Gasteiger partial charge in [0.25, 0.3) is 0 Å². The Labute approximate surface area is 175 Å². The van der Waals surface area contributed by atoms with Gasteiger partial charge in [0.05, 0.1) is 12.5 Å². The van der Waals surface area contributed by atoms with Gasteiger partial charge in [-0.15, -0.1) is 0 Å². The fourth-order valence-electron chi connectivity index (χ4n) is 3.94. The number of aliphatic carboxylic acids is 1. The van der Waals surface area contributed by atoms with Crippen LogP contribution in [0.4, 0.5) is 0 Å². The zero-order valence-corrected chi connectivity index (χ0v) is 17.4. The first-order chi connectivity index (χ1) is 14.0. The molecule has 2 aliphatic rings. The fraction of sp³-hybridized carbons (Fsp3) is 0.737. The molecular formula is C19H31N5O6. The van der Waals surface area contributed by atoms with E-state index in [4.69, 9.17) is 11.5 Å². The van der Waals surface area contributed by atoms with Crippen molar-refractivity contribution in [1.82, 2.24) is 15.1 Å². The Hall–Kier alpha value is -2.69. The minimum Gasteiger partial charge on any atom is -0.480 e. The number of rotatable bonds is 8. The molecular weight excluding hydrogens is 394 g/mol. The fourth-order valence-corrected chi connectivity index (χ4v) is 3.94. The van der Waals surface area contributed by atoms with Crippen LogP contribution in [0.3, 0.4) is 0 Å². The van der Waals surface area contributed by atoms with Gasteiger partial charge in [-0.1, -0.05) is 13.8 Å². The van der Waals surface area contributed by atoms with Crippen molar-refractivity contribution < 1.29 is 29.1 Å². The van der Waals surface area contributed by atoms with E-state index in [0.717, 1.165) is 0 Å². The third-order valence-electron chi connectivity index (χ3n) is 5.68. The van der Waals surface area contributed by atoms with Gasteiger partial charge < -0.3 is 31.7 Å². The molecule has 0 aromatic heterocycles. The van der Waals surface area contributed by atoms with Crippen LogP contribution >= 0.6 is 0 Å². The van der Waals surface area contributed by atoms with Gasteiger partial charge in [-0.05, 0) is 31.6 Å². The van der Waals surface area contributed by atoms with E-state index in [0.29, 0.717) is 32.2 Å². The quantitative estimate of drug-likeness (QED) is 0.362. The molecule has 0 bridgehead atoms. The second-order valence-corrected chi connectivity index (χ2v) is 8.22. The highest BCUT2D eigenvalue weighted by molar-refractivity contribution is 5.96. The number of nitrogens with zero attached hydrogens (tertiary/aromatic N) is 2. The monoisotopic (exact) mass is 425 g/mol. The lowest BCUT2D eigenvalue weighted by atomic mass is 10.0. The number of hydrogen-bond acceptors (Lipinski definition) is 6. The normalized spacial score (nSPS) is 23.3. The predicted molar refractivity (Wildman–Crippen MR) is 106 cm³/mol. The summed E-state index contributed by atoms with van der Waals surface area (Å²) in [7, 11) is 0. The first kappa shape index (κ1) is 23.6. The maximum absolute atomic E-state index is 13.1. The highest BCUT2D eigenvalue weighted by Gasteiger charge is 2.43. The van der Waals surface area contributed by atoms with Crippen molar-refractivity contribution in [2.75, 3.05) is 13.1 Å².